The van der Waals surface area contributed by atoms with Crippen LogP contribution >= 0.6 is 0 Å². The number of anilines is 1. The Morgan fingerprint density at radius 2 is 1.74 bits per heavy atom. The number of carbonyl (C=O) groups is 2. The maximum absolute atomic E-state index is 12.4. The summed E-state index contributed by atoms with van der Waals surface area (Å²) in [6, 6.07) is 13.7. The van der Waals surface area contributed by atoms with E-state index in [-0.39, 0.29) is 24.5 Å². The third kappa shape index (κ3) is 6.31. The molecule has 2 rings (SSSR count). The highest BCUT2D eigenvalue weighted by Crippen LogP contribution is 2.20. The first-order valence-electron chi connectivity index (χ1n) is 8.49. The van der Waals surface area contributed by atoms with Crippen molar-refractivity contribution in [3.05, 3.63) is 54.1 Å². The monoisotopic (exact) mass is 372 g/mol. The van der Waals surface area contributed by atoms with Gasteiger partial charge in [-0.05, 0) is 43.3 Å². The third-order valence-electron chi connectivity index (χ3n) is 3.66. The zero-order chi connectivity index (χ0) is 19.6. The largest absolute Gasteiger partial charge is 0.496 e. The quantitative estimate of drug-likeness (QED) is 0.706. The lowest BCUT2D eigenvalue weighted by Crippen LogP contribution is -2.38. The highest BCUT2D eigenvalue weighted by molar-refractivity contribution is 6.06. The lowest BCUT2D eigenvalue weighted by atomic mass is 10.2. The maximum atomic E-state index is 12.4. The molecular formula is C20H24N2O5. The second-order valence-electron chi connectivity index (χ2n) is 5.89. The molecule has 0 spiro atoms. The Labute approximate surface area is 158 Å². The Morgan fingerprint density at radius 1 is 1.04 bits per heavy atom. The number of carbonyl (C=O) groups excluding carboxylic acids is 2. The minimum atomic E-state index is -0.271. The van der Waals surface area contributed by atoms with Gasteiger partial charge in [-0.3, -0.25) is 9.59 Å². The van der Waals surface area contributed by atoms with E-state index in [2.05, 4.69) is 10.6 Å². The molecule has 1 atom stereocenters. The number of rotatable bonds is 9. The van der Waals surface area contributed by atoms with Crippen molar-refractivity contribution in [2.45, 2.75) is 13.0 Å². The Bertz CT molecular complexity index is 761. The van der Waals surface area contributed by atoms with Gasteiger partial charge in [-0.25, -0.2) is 0 Å². The van der Waals surface area contributed by atoms with Crippen LogP contribution in [0.15, 0.2) is 48.5 Å². The van der Waals surface area contributed by atoms with Crippen molar-refractivity contribution in [2.24, 2.45) is 0 Å². The van der Waals surface area contributed by atoms with E-state index < -0.39 is 0 Å². The van der Waals surface area contributed by atoms with Crippen LogP contribution in [0.2, 0.25) is 0 Å². The summed E-state index contributed by atoms with van der Waals surface area (Å²) in [5, 5.41) is 5.56. The number of ether oxygens (including phenoxy) is 3. The van der Waals surface area contributed by atoms with Crippen LogP contribution < -0.4 is 20.1 Å². The van der Waals surface area contributed by atoms with Gasteiger partial charge in [-0.1, -0.05) is 12.1 Å². The van der Waals surface area contributed by atoms with E-state index in [1.165, 1.54) is 7.11 Å². The molecule has 2 aromatic rings. The predicted octanol–water partition coefficient (Wildman–Crippen LogP) is 2.48. The van der Waals surface area contributed by atoms with Crippen LogP contribution in [0.3, 0.4) is 0 Å². The van der Waals surface area contributed by atoms with Crippen LogP contribution in [0.5, 0.6) is 11.5 Å². The Balaban J connectivity index is 1.88. The fourth-order valence-corrected chi connectivity index (χ4v) is 2.42. The number of para-hydroxylation sites is 1. The average Bonchev–Trinajstić information content (AvgIpc) is 2.67. The van der Waals surface area contributed by atoms with Gasteiger partial charge in [0.25, 0.3) is 11.8 Å². The van der Waals surface area contributed by atoms with Gasteiger partial charge in [-0.2, -0.15) is 0 Å². The zero-order valence-electron chi connectivity index (χ0n) is 15.7. The standard InChI is InChI=1S/C20H24N2O5/c1-14(12-25-2)21-19(23)13-27-16-10-8-15(9-11-16)22-20(24)17-6-4-5-7-18(17)26-3/h4-11,14H,12-13H2,1-3H3,(H,21,23)(H,22,24)/t14-/m0/s1. The molecule has 2 aromatic carbocycles. The molecular weight excluding hydrogens is 348 g/mol. The van der Waals surface area contributed by atoms with E-state index >= 15 is 0 Å². The van der Waals surface area contributed by atoms with Crippen molar-refractivity contribution in [3.63, 3.8) is 0 Å². The van der Waals surface area contributed by atoms with Gasteiger partial charge in [-0.15, -0.1) is 0 Å². The van der Waals surface area contributed by atoms with Crippen molar-refractivity contribution in [2.75, 3.05) is 32.8 Å². The van der Waals surface area contributed by atoms with Gasteiger partial charge < -0.3 is 24.8 Å². The topological polar surface area (TPSA) is 85.9 Å². The molecule has 0 heterocycles. The first-order valence-corrected chi connectivity index (χ1v) is 8.49. The van der Waals surface area contributed by atoms with Gasteiger partial charge in [0.1, 0.15) is 11.5 Å². The predicted molar refractivity (Wildman–Crippen MR) is 102 cm³/mol. The molecule has 0 radical (unpaired) electrons. The molecule has 0 saturated carbocycles. The first-order chi connectivity index (χ1) is 13.0. The molecule has 0 fully saturated rings. The normalized spacial score (nSPS) is 11.4. The molecule has 0 unspecified atom stereocenters. The summed E-state index contributed by atoms with van der Waals surface area (Å²) in [4.78, 5) is 24.1. The summed E-state index contributed by atoms with van der Waals surface area (Å²) in [7, 11) is 3.10. The molecule has 0 aliphatic carbocycles. The first kappa shape index (κ1) is 20.3. The average molecular weight is 372 g/mol. The van der Waals surface area contributed by atoms with Gasteiger partial charge in [0, 0.05) is 18.8 Å². The van der Waals surface area contributed by atoms with E-state index in [4.69, 9.17) is 14.2 Å². The third-order valence-corrected chi connectivity index (χ3v) is 3.66. The molecule has 0 saturated heterocycles. The number of amides is 2. The molecule has 0 bridgehead atoms. The van der Waals surface area contributed by atoms with Gasteiger partial charge in [0.2, 0.25) is 0 Å². The maximum Gasteiger partial charge on any atom is 0.259 e. The summed E-state index contributed by atoms with van der Waals surface area (Å²) in [6.45, 7) is 2.19. The van der Waals surface area contributed by atoms with Crippen molar-refractivity contribution >= 4 is 17.5 Å². The van der Waals surface area contributed by atoms with Gasteiger partial charge in [0.15, 0.2) is 6.61 Å². The minimum absolute atomic E-state index is 0.0846. The Hall–Kier alpha value is -3.06. The highest BCUT2D eigenvalue weighted by atomic mass is 16.5. The molecule has 0 aliphatic heterocycles. The Kier molecular flexibility index (Phi) is 7.63. The second kappa shape index (κ2) is 10.2. The molecule has 7 heteroatoms. The van der Waals surface area contributed by atoms with E-state index in [0.29, 0.717) is 29.4 Å². The minimum Gasteiger partial charge on any atom is -0.496 e. The van der Waals surface area contributed by atoms with Crippen molar-refractivity contribution in [1.82, 2.24) is 5.32 Å². The van der Waals surface area contributed by atoms with E-state index in [1.54, 1.807) is 55.6 Å². The number of nitrogens with one attached hydrogen (secondary N) is 2. The number of benzene rings is 2. The molecule has 2 amide bonds. The summed E-state index contributed by atoms with van der Waals surface area (Å²) < 4.78 is 15.6. The lowest BCUT2D eigenvalue weighted by molar-refractivity contribution is -0.124. The molecule has 0 aromatic heterocycles. The summed E-state index contributed by atoms with van der Waals surface area (Å²) >= 11 is 0. The van der Waals surface area contributed by atoms with Crippen LogP contribution in [0.1, 0.15) is 17.3 Å². The fraction of sp³-hybridized carbons (Fsp3) is 0.300. The van der Waals surface area contributed by atoms with Crippen molar-refractivity contribution in [1.29, 1.82) is 0 Å². The van der Waals surface area contributed by atoms with Crippen LogP contribution in [0.25, 0.3) is 0 Å². The second-order valence-corrected chi connectivity index (χ2v) is 5.89. The van der Waals surface area contributed by atoms with Crippen molar-refractivity contribution < 1.29 is 23.8 Å². The summed E-state index contributed by atoms with van der Waals surface area (Å²) in [6.07, 6.45) is 0. The molecule has 27 heavy (non-hydrogen) atoms. The van der Waals surface area contributed by atoms with E-state index in [9.17, 15) is 9.59 Å². The van der Waals surface area contributed by atoms with Crippen LogP contribution in [0.4, 0.5) is 5.69 Å². The van der Waals surface area contributed by atoms with Gasteiger partial charge >= 0.3 is 0 Å². The van der Waals surface area contributed by atoms with Crippen LogP contribution in [0, 0.1) is 0 Å². The summed E-state index contributed by atoms with van der Waals surface area (Å²) in [5.74, 6) is 0.532. The SMILES string of the molecule is COC[C@H](C)NC(=O)COc1ccc(NC(=O)c2ccccc2OC)cc1. The summed E-state index contributed by atoms with van der Waals surface area (Å²) in [5.41, 5.74) is 1.05. The van der Waals surface area contributed by atoms with Crippen LogP contribution in [-0.2, 0) is 9.53 Å². The zero-order valence-corrected chi connectivity index (χ0v) is 15.7. The highest BCUT2D eigenvalue weighted by Gasteiger charge is 2.12. The number of methoxy groups -OCH3 is 2. The van der Waals surface area contributed by atoms with Crippen LogP contribution in [-0.4, -0.2) is 45.3 Å². The molecule has 2 N–H and O–H groups in total. The van der Waals surface area contributed by atoms with E-state index in [0.717, 1.165) is 0 Å². The van der Waals surface area contributed by atoms with E-state index in [1.807, 2.05) is 6.92 Å². The molecule has 0 aliphatic rings. The van der Waals surface area contributed by atoms with Crippen molar-refractivity contribution in [3.8, 4) is 11.5 Å². The fourth-order valence-electron chi connectivity index (χ4n) is 2.42. The smallest absolute Gasteiger partial charge is 0.259 e. The van der Waals surface area contributed by atoms with Gasteiger partial charge in [0.05, 0.1) is 19.3 Å². The molecule has 7 nitrogen and oxygen atoms in total. The molecule has 144 valence electrons. The lowest BCUT2D eigenvalue weighted by Gasteiger charge is -2.13. The number of hydrogen-bond donors (Lipinski definition) is 2. The Morgan fingerprint density at radius 3 is 2.41 bits per heavy atom. The number of hydrogen-bond acceptors (Lipinski definition) is 5.